The van der Waals surface area contributed by atoms with E-state index >= 15 is 0 Å². The van der Waals surface area contributed by atoms with Crippen LogP contribution in [0.5, 0.6) is 5.75 Å². The molecule has 2 aliphatic heterocycles. The standard InChI is InChI=1S/C24H26N2O5S/c1-29-20-10-8-18(9-11-20)24-26(31-24)22(23-7-4-12-30-23)16-32(27,28)15-17-13-19-5-2-3-6-21(19)25-14-17/h2-3,5-6,8-11,13-14,22-24H,4,7,12,15-16H2,1H3. The molecule has 2 saturated heterocycles. The zero-order valence-corrected chi connectivity index (χ0v) is 18.7. The van der Waals surface area contributed by atoms with E-state index in [1.165, 1.54) is 0 Å². The number of hydroxylamine groups is 2. The van der Waals surface area contributed by atoms with Crippen molar-refractivity contribution in [3.05, 3.63) is 71.9 Å². The van der Waals surface area contributed by atoms with Crippen molar-refractivity contribution < 1.29 is 22.7 Å². The summed E-state index contributed by atoms with van der Waals surface area (Å²) >= 11 is 0. The third-order valence-corrected chi connectivity index (χ3v) is 7.61. The summed E-state index contributed by atoms with van der Waals surface area (Å²) < 4.78 is 37.4. The van der Waals surface area contributed by atoms with Crippen LogP contribution in [0.1, 0.15) is 30.2 Å². The van der Waals surface area contributed by atoms with E-state index in [2.05, 4.69) is 4.98 Å². The Balaban J connectivity index is 1.32. The van der Waals surface area contributed by atoms with Crippen LogP contribution in [0.3, 0.4) is 0 Å². The van der Waals surface area contributed by atoms with Crippen molar-refractivity contribution in [2.75, 3.05) is 19.5 Å². The molecule has 5 rings (SSSR count). The molecule has 1 aromatic heterocycles. The molecule has 0 spiro atoms. The Morgan fingerprint density at radius 1 is 1.19 bits per heavy atom. The van der Waals surface area contributed by atoms with Gasteiger partial charge in [0, 0.05) is 18.2 Å². The Hall–Kier alpha value is -2.52. The predicted molar refractivity (Wildman–Crippen MR) is 121 cm³/mol. The fraction of sp³-hybridized carbons (Fsp3) is 0.375. The van der Waals surface area contributed by atoms with Crippen LogP contribution < -0.4 is 4.74 Å². The second-order valence-corrected chi connectivity index (χ2v) is 10.4. The van der Waals surface area contributed by atoms with Crippen molar-refractivity contribution in [1.82, 2.24) is 10.0 Å². The molecule has 0 N–H and O–H groups in total. The molecular formula is C24H26N2O5S. The molecular weight excluding hydrogens is 428 g/mol. The first-order valence-electron chi connectivity index (χ1n) is 10.8. The molecule has 0 radical (unpaired) electrons. The highest BCUT2D eigenvalue weighted by atomic mass is 32.2. The number of fused-ring (bicyclic) bond motifs is 1. The van der Waals surface area contributed by atoms with Crippen molar-refractivity contribution in [2.45, 2.75) is 37.0 Å². The van der Waals surface area contributed by atoms with Gasteiger partial charge in [0.2, 0.25) is 0 Å². The summed E-state index contributed by atoms with van der Waals surface area (Å²) in [7, 11) is -1.80. The second kappa shape index (κ2) is 8.78. The van der Waals surface area contributed by atoms with Crippen molar-refractivity contribution in [3.8, 4) is 5.75 Å². The molecule has 0 saturated carbocycles. The van der Waals surface area contributed by atoms with Crippen LogP contribution in [-0.2, 0) is 25.2 Å². The number of ether oxygens (including phenoxy) is 2. The maximum Gasteiger partial charge on any atom is 0.180 e. The monoisotopic (exact) mass is 454 g/mol. The molecule has 4 atom stereocenters. The van der Waals surface area contributed by atoms with E-state index in [9.17, 15) is 8.42 Å². The lowest BCUT2D eigenvalue weighted by Crippen LogP contribution is -2.39. The number of rotatable bonds is 8. The van der Waals surface area contributed by atoms with Crippen LogP contribution in [0, 0.1) is 0 Å². The van der Waals surface area contributed by atoms with Crippen molar-refractivity contribution in [3.63, 3.8) is 0 Å². The molecule has 32 heavy (non-hydrogen) atoms. The van der Waals surface area contributed by atoms with Gasteiger partial charge in [0.05, 0.1) is 36.3 Å². The number of nitrogens with zero attached hydrogens (tertiary/aromatic N) is 2. The summed E-state index contributed by atoms with van der Waals surface area (Å²) in [5.74, 6) is 0.676. The minimum Gasteiger partial charge on any atom is -0.497 e. The summed E-state index contributed by atoms with van der Waals surface area (Å²) in [6.07, 6.45) is 2.97. The molecule has 0 bridgehead atoms. The van der Waals surface area contributed by atoms with Crippen LogP contribution in [0.4, 0.5) is 0 Å². The molecule has 168 valence electrons. The molecule has 8 heteroatoms. The van der Waals surface area contributed by atoms with Gasteiger partial charge in [0.15, 0.2) is 16.1 Å². The van der Waals surface area contributed by atoms with Gasteiger partial charge < -0.3 is 9.47 Å². The summed E-state index contributed by atoms with van der Waals surface area (Å²) in [6.45, 7) is 0.650. The van der Waals surface area contributed by atoms with Crippen LogP contribution >= 0.6 is 0 Å². The first-order chi connectivity index (χ1) is 15.5. The molecule has 0 aliphatic carbocycles. The number of sulfone groups is 1. The van der Waals surface area contributed by atoms with E-state index in [4.69, 9.17) is 14.3 Å². The third kappa shape index (κ3) is 4.63. The molecule has 3 aromatic rings. The maximum atomic E-state index is 13.2. The fourth-order valence-corrected chi connectivity index (χ4v) is 6.00. The van der Waals surface area contributed by atoms with Crippen molar-refractivity contribution in [2.24, 2.45) is 0 Å². The Morgan fingerprint density at radius 3 is 2.75 bits per heavy atom. The lowest BCUT2D eigenvalue weighted by molar-refractivity contribution is 0.0241. The number of aromatic nitrogens is 1. The van der Waals surface area contributed by atoms with Crippen molar-refractivity contribution >= 4 is 20.7 Å². The number of methoxy groups -OCH3 is 1. The Kier molecular flexibility index (Phi) is 5.86. The van der Waals surface area contributed by atoms with Gasteiger partial charge in [-0.1, -0.05) is 30.3 Å². The average molecular weight is 455 g/mol. The Bertz CT molecular complexity index is 1190. The predicted octanol–water partition coefficient (Wildman–Crippen LogP) is 3.65. The van der Waals surface area contributed by atoms with Gasteiger partial charge in [0.25, 0.3) is 0 Å². The Morgan fingerprint density at radius 2 is 2.00 bits per heavy atom. The van der Waals surface area contributed by atoms with Gasteiger partial charge in [-0.05, 0) is 48.2 Å². The summed E-state index contributed by atoms with van der Waals surface area (Å²) in [5, 5.41) is 2.71. The third-order valence-electron chi connectivity index (χ3n) is 5.99. The van der Waals surface area contributed by atoms with Crippen LogP contribution in [0.25, 0.3) is 10.9 Å². The number of hydrogen-bond donors (Lipinski definition) is 0. The van der Waals surface area contributed by atoms with Crippen LogP contribution in [0.15, 0.2) is 60.8 Å². The first-order valence-corrected chi connectivity index (χ1v) is 12.6. The molecule has 3 heterocycles. The number of para-hydroxylation sites is 1. The normalized spacial score (nSPS) is 23.8. The quantitative estimate of drug-likeness (QED) is 0.481. The molecule has 2 aliphatic rings. The summed E-state index contributed by atoms with van der Waals surface area (Å²) in [5.41, 5.74) is 2.50. The van der Waals surface area contributed by atoms with Gasteiger partial charge in [-0.2, -0.15) is 0 Å². The summed E-state index contributed by atoms with van der Waals surface area (Å²) in [6, 6.07) is 16.9. The zero-order chi connectivity index (χ0) is 22.1. The lowest BCUT2D eigenvalue weighted by atomic mass is 10.1. The highest BCUT2D eigenvalue weighted by Crippen LogP contribution is 2.42. The molecule has 2 aromatic carbocycles. The van der Waals surface area contributed by atoms with Gasteiger partial charge >= 0.3 is 0 Å². The lowest BCUT2D eigenvalue weighted by Gasteiger charge is -2.22. The van der Waals surface area contributed by atoms with E-state index in [0.29, 0.717) is 12.2 Å². The fourth-order valence-electron chi connectivity index (χ4n) is 4.34. The van der Waals surface area contributed by atoms with E-state index in [1.807, 2.05) is 54.6 Å². The molecule has 2 fully saturated rings. The van der Waals surface area contributed by atoms with E-state index < -0.39 is 9.84 Å². The van der Waals surface area contributed by atoms with Gasteiger partial charge in [-0.15, -0.1) is 5.06 Å². The van der Waals surface area contributed by atoms with Gasteiger partial charge in [0.1, 0.15) is 5.75 Å². The summed E-state index contributed by atoms with van der Waals surface area (Å²) in [4.78, 5) is 10.2. The van der Waals surface area contributed by atoms with Crippen LogP contribution in [0.2, 0.25) is 0 Å². The number of hydrogen-bond acceptors (Lipinski definition) is 7. The molecule has 7 nitrogen and oxygen atoms in total. The largest absolute Gasteiger partial charge is 0.497 e. The van der Waals surface area contributed by atoms with E-state index in [-0.39, 0.29) is 29.9 Å². The smallest absolute Gasteiger partial charge is 0.180 e. The Labute approximate surface area is 187 Å². The number of benzene rings is 2. The average Bonchev–Trinajstić information content (AvgIpc) is 3.40. The van der Waals surface area contributed by atoms with E-state index in [0.717, 1.165) is 35.1 Å². The topological polar surface area (TPSA) is 81.0 Å². The minimum atomic E-state index is -3.42. The highest BCUT2D eigenvalue weighted by molar-refractivity contribution is 7.90. The SMILES string of the molecule is COc1ccc(C2ON2C(CS(=O)(=O)Cc2cnc3ccccc3c2)C2CCCO2)cc1. The van der Waals surface area contributed by atoms with Gasteiger partial charge in [-0.3, -0.25) is 9.82 Å². The minimum absolute atomic E-state index is 0.0306. The number of pyridine rings is 1. The first kappa shape index (κ1) is 21.3. The molecule has 4 unspecified atom stereocenters. The van der Waals surface area contributed by atoms with Crippen LogP contribution in [-0.4, -0.2) is 50.1 Å². The van der Waals surface area contributed by atoms with Gasteiger partial charge in [-0.25, -0.2) is 8.42 Å². The highest BCUT2D eigenvalue weighted by Gasteiger charge is 2.49. The maximum absolute atomic E-state index is 13.2. The second-order valence-electron chi connectivity index (χ2n) is 8.30. The van der Waals surface area contributed by atoms with Crippen molar-refractivity contribution in [1.29, 1.82) is 0 Å². The van der Waals surface area contributed by atoms with E-state index in [1.54, 1.807) is 18.4 Å². The zero-order valence-electron chi connectivity index (χ0n) is 17.9. The molecule has 0 amide bonds.